The van der Waals surface area contributed by atoms with E-state index in [0.29, 0.717) is 22.0 Å². The van der Waals surface area contributed by atoms with Crippen LogP contribution in [-0.2, 0) is 9.53 Å². The summed E-state index contributed by atoms with van der Waals surface area (Å²) in [6.45, 7) is 10.1. The van der Waals surface area contributed by atoms with Gasteiger partial charge in [-0.05, 0) is 19.4 Å². The van der Waals surface area contributed by atoms with E-state index in [1.807, 2.05) is 0 Å². The second kappa shape index (κ2) is 8.18. The lowest BCUT2D eigenvalue weighted by molar-refractivity contribution is -0.933. The summed E-state index contributed by atoms with van der Waals surface area (Å²) in [6, 6.07) is 0. The molecular weight excluding hydrogens is 380 g/mol. The first-order chi connectivity index (χ1) is 13.3. The standard InChI is InChI=1S/C19H28N4O4S/c1-5-27-19(26)15-13(2)16(18(25)21(3)4)28-17(15)20-14(24)12-23-9-6-22(7-10-23)8-11-23/h5-12H2,1-4H3/p+1. The average Bonchev–Trinajstić information content (AvgIpc) is 2.97. The third-order valence-corrected chi connectivity index (χ3v) is 6.83. The predicted octanol–water partition coefficient (Wildman–Crippen LogP) is 1.02. The Labute approximate surface area is 169 Å². The molecule has 2 bridgehead atoms. The molecule has 0 saturated carbocycles. The number of anilines is 1. The zero-order valence-electron chi connectivity index (χ0n) is 17.0. The fourth-order valence-electron chi connectivity index (χ4n) is 3.90. The number of hydrogen-bond donors (Lipinski definition) is 1. The SMILES string of the molecule is CCOC(=O)c1c(NC(=O)C[N+]23CCN(CC2)CC3)sc(C(=O)N(C)C)c1C. The van der Waals surface area contributed by atoms with Gasteiger partial charge in [0.15, 0.2) is 6.54 Å². The van der Waals surface area contributed by atoms with Crippen molar-refractivity contribution in [3.8, 4) is 0 Å². The van der Waals surface area contributed by atoms with Crippen LogP contribution in [0.4, 0.5) is 5.00 Å². The Hall–Kier alpha value is -1.97. The molecule has 0 spiro atoms. The van der Waals surface area contributed by atoms with E-state index < -0.39 is 5.97 Å². The lowest BCUT2D eigenvalue weighted by Gasteiger charge is -2.50. The van der Waals surface area contributed by atoms with Gasteiger partial charge in [-0.15, -0.1) is 11.3 Å². The Kier molecular flexibility index (Phi) is 6.07. The number of amides is 2. The minimum atomic E-state index is -0.511. The van der Waals surface area contributed by atoms with E-state index in [0.717, 1.165) is 55.1 Å². The molecule has 0 atom stereocenters. The van der Waals surface area contributed by atoms with Crippen molar-refractivity contribution in [2.75, 3.05) is 71.8 Å². The summed E-state index contributed by atoms with van der Waals surface area (Å²) in [7, 11) is 3.33. The third kappa shape index (κ3) is 4.06. The van der Waals surface area contributed by atoms with E-state index in [4.69, 9.17) is 4.74 Å². The van der Waals surface area contributed by atoms with Crippen LogP contribution in [0.5, 0.6) is 0 Å². The van der Waals surface area contributed by atoms with E-state index >= 15 is 0 Å². The van der Waals surface area contributed by atoms with Gasteiger partial charge in [-0.1, -0.05) is 0 Å². The molecule has 0 unspecified atom stereocenters. The largest absolute Gasteiger partial charge is 0.462 e. The molecule has 4 heterocycles. The maximum absolute atomic E-state index is 12.8. The van der Waals surface area contributed by atoms with Crippen molar-refractivity contribution in [1.82, 2.24) is 9.80 Å². The Morgan fingerprint density at radius 3 is 2.32 bits per heavy atom. The van der Waals surface area contributed by atoms with Crippen LogP contribution in [-0.4, -0.2) is 98.6 Å². The van der Waals surface area contributed by atoms with Gasteiger partial charge in [-0.25, -0.2) is 4.79 Å². The van der Waals surface area contributed by atoms with Crippen LogP contribution in [0.2, 0.25) is 0 Å². The summed E-state index contributed by atoms with van der Waals surface area (Å²) in [5.41, 5.74) is 0.838. The first kappa shape index (κ1) is 20.8. The van der Waals surface area contributed by atoms with Gasteiger partial charge in [-0.2, -0.15) is 0 Å². The van der Waals surface area contributed by atoms with Gasteiger partial charge in [0.1, 0.15) is 5.00 Å². The molecule has 3 saturated heterocycles. The highest BCUT2D eigenvalue weighted by Crippen LogP contribution is 2.34. The zero-order valence-corrected chi connectivity index (χ0v) is 17.9. The number of piperazine rings is 3. The van der Waals surface area contributed by atoms with Crippen LogP contribution in [0.25, 0.3) is 0 Å². The number of nitrogens with zero attached hydrogens (tertiary/aromatic N) is 3. The van der Waals surface area contributed by atoms with Crippen LogP contribution >= 0.6 is 11.3 Å². The highest BCUT2D eigenvalue weighted by Gasteiger charge is 2.40. The number of fused-ring (bicyclic) bond motifs is 3. The minimum absolute atomic E-state index is 0.119. The Morgan fingerprint density at radius 2 is 1.79 bits per heavy atom. The lowest BCUT2D eigenvalue weighted by Crippen LogP contribution is -2.68. The third-order valence-electron chi connectivity index (χ3n) is 5.63. The molecule has 1 aromatic rings. The smallest absolute Gasteiger partial charge is 0.341 e. The molecule has 3 aliphatic heterocycles. The molecule has 28 heavy (non-hydrogen) atoms. The number of ether oxygens (including phenoxy) is 1. The molecule has 1 aromatic heterocycles. The zero-order chi connectivity index (χ0) is 20.5. The molecule has 3 fully saturated rings. The normalized spacial score (nSPS) is 23.4. The molecule has 4 rings (SSSR count). The summed E-state index contributed by atoms with van der Waals surface area (Å²) < 4.78 is 5.96. The fraction of sp³-hybridized carbons (Fsp3) is 0.632. The number of hydrogen-bond acceptors (Lipinski definition) is 6. The molecule has 0 aliphatic carbocycles. The Morgan fingerprint density at radius 1 is 1.18 bits per heavy atom. The van der Waals surface area contributed by atoms with Gasteiger partial charge in [0, 0.05) is 33.7 Å². The molecule has 0 aromatic carbocycles. The summed E-state index contributed by atoms with van der Waals surface area (Å²) >= 11 is 1.14. The van der Waals surface area contributed by atoms with Crippen molar-refractivity contribution in [2.24, 2.45) is 0 Å². The van der Waals surface area contributed by atoms with Crippen LogP contribution in [0.3, 0.4) is 0 Å². The van der Waals surface area contributed by atoms with Gasteiger partial charge < -0.3 is 19.4 Å². The molecule has 1 N–H and O–H groups in total. The Balaban J connectivity index is 1.83. The minimum Gasteiger partial charge on any atom is -0.462 e. The van der Waals surface area contributed by atoms with Gasteiger partial charge in [-0.3, -0.25) is 14.5 Å². The van der Waals surface area contributed by atoms with E-state index in [-0.39, 0.29) is 24.0 Å². The highest BCUT2D eigenvalue weighted by molar-refractivity contribution is 7.18. The molecule has 154 valence electrons. The Bertz CT molecular complexity index is 767. The second-order valence-corrected chi connectivity index (χ2v) is 8.76. The lowest BCUT2D eigenvalue weighted by atomic mass is 10.1. The number of carbonyl (C=O) groups is 3. The molecule has 3 aliphatic rings. The van der Waals surface area contributed by atoms with Crippen molar-refractivity contribution in [3.63, 3.8) is 0 Å². The second-order valence-electron chi connectivity index (χ2n) is 7.74. The number of carbonyl (C=O) groups excluding carboxylic acids is 3. The quantitative estimate of drug-likeness (QED) is 0.561. The van der Waals surface area contributed by atoms with Gasteiger partial charge in [0.2, 0.25) is 0 Å². The van der Waals surface area contributed by atoms with Crippen molar-refractivity contribution in [2.45, 2.75) is 13.8 Å². The van der Waals surface area contributed by atoms with Crippen molar-refractivity contribution >= 4 is 34.1 Å². The molecule has 8 nitrogen and oxygen atoms in total. The van der Waals surface area contributed by atoms with Crippen LogP contribution in [0, 0.1) is 6.92 Å². The van der Waals surface area contributed by atoms with Crippen molar-refractivity contribution < 1.29 is 23.6 Å². The predicted molar refractivity (Wildman–Crippen MR) is 108 cm³/mol. The number of quaternary nitrogens is 1. The van der Waals surface area contributed by atoms with E-state index in [2.05, 4.69) is 10.2 Å². The van der Waals surface area contributed by atoms with Crippen molar-refractivity contribution in [1.29, 1.82) is 0 Å². The first-order valence-corrected chi connectivity index (χ1v) is 10.5. The van der Waals surface area contributed by atoms with Gasteiger partial charge >= 0.3 is 5.97 Å². The summed E-state index contributed by atoms with van der Waals surface area (Å²) in [5, 5.41) is 3.31. The topological polar surface area (TPSA) is 79.0 Å². The molecular formula is C19H29N4O4S+. The van der Waals surface area contributed by atoms with Crippen LogP contribution < -0.4 is 5.32 Å². The first-order valence-electron chi connectivity index (χ1n) is 9.66. The summed E-state index contributed by atoms with van der Waals surface area (Å²) in [5.74, 6) is -0.823. The fourth-order valence-corrected chi connectivity index (χ4v) is 5.13. The summed E-state index contributed by atoms with van der Waals surface area (Å²) in [4.78, 5) is 42.1. The molecule has 9 heteroatoms. The maximum Gasteiger partial charge on any atom is 0.341 e. The monoisotopic (exact) mass is 409 g/mol. The van der Waals surface area contributed by atoms with Crippen molar-refractivity contribution in [3.05, 3.63) is 16.0 Å². The van der Waals surface area contributed by atoms with Gasteiger partial charge in [0.05, 0.1) is 36.7 Å². The van der Waals surface area contributed by atoms with Crippen LogP contribution in [0.1, 0.15) is 32.5 Å². The van der Waals surface area contributed by atoms with E-state index in [9.17, 15) is 14.4 Å². The average molecular weight is 410 g/mol. The number of thiophene rings is 1. The highest BCUT2D eigenvalue weighted by atomic mass is 32.1. The van der Waals surface area contributed by atoms with Crippen LogP contribution in [0.15, 0.2) is 0 Å². The molecule has 0 radical (unpaired) electrons. The van der Waals surface area contributed by atoms with E-state index in [1.165, 1.54) is 4.90 Å². The molecule has 2 amide bonds. The summed E-state index contributed by atoms with van der Waals surface area (Å²) in [6.07, 6.45) is 0. The number of nitrogens with one attached hydrogen (secondary N) is 1. The number of rotatable bonds is 6. The maximum atomic E-state index is 12.8. The van der Waals surface area contributed by atoms with E-state index in [1.54, 1.807) is 27.9 Å². The van der Waals surface area contributed by atoms with Gasteiger partial charge in [0.25, 0.3) is 11.8 Å². The number of esters is 1.